The number of hydrogen-bond acceptors (Lipinski definition) is 2. The molecule has 1 heterocycles. The lowest BCUT2D eigenvalue weighted by molar-refractivity contribution is 0.232. The Morgan fingerprint density at radius 3 is 2.53 bits per heavy atom. The van der Waals surface area contributed by atoms with Gasteiger partial charge in [-0.05, 0) is 37.3 Å². The summed E-state index contributed by atoms with van der Waals surface area (Å²) in [6.07, 6.45) is 6.41. The molecule has 0 saturated heterocycles. The molecule has 1 unspecified atom stereocenters. The van der Waals surface area contributed by atoms with E-state index < -0.39 is 0 Å². The van der Waals surface area contributed by atoms with Crippen LogP contribution in [0.4, 0.5) is 0 Å². The van der Waals surface area contributed by atoms with Crippen molar-refractivity contribution < 1.29 is 0 Å². The summed E-state index contributed by atoms with van der Waals surface area (Å²) in [5, 5.41) is 7.96. The number of aryl methyl sites for hydroxylation is 1. The molecule has 0 aliphatic rings. The summed E-state index contributed by atoms with van der Waals surface area (Å²) in [5.41, 5.74) is 1.66. The molecule has 0 saturated carbocycles. The number of aromatic nitrogens is 2. The zero-order chi connectivity index (χ0) is 12.9. The van der Waals surface area contributed by atoms with Crippen molar-refractivity contribution in [3.63, 3.8) is 0 Å². The Labute approximate surface area is 106 Å². The molecule has 3 nitrogen and oxygen atoms in total. The molecule has 1 aromatic rings. The van der Waals surface area contributed by atoms with Crippen molar-refractivity contribution in [1.82, 2.24) is 15.1 Å². The van der Waals surface area contributed by atoms with Gasteiger partial charge in [-0.2, -0.15) is 5.10 Å². The fraction of sp³-hybridized carbons (Fsp3) is 0.786. The van der Waals surface area contributed by atoms with Crippen molar-refractivity contribution in [2.24, 2.45) is 5.41 Å². The largest absolute Gasteiger partial charge is 0.313 e. The third kappa shape index (κ3) is 3.84. The highest BCUT2D eigenvalue weighted by Gasteiger charge is 2.27. The van der Waals surface area contributed by atoms with Crippen LogP contribution >= 0.6 is 0 Å². The normalized spacial score (nSPS) is 13.9. The summed E-state index contributed by atoms with van der Waals surface area (Å²) in [5.74, 6) is 0. The van der Waals surface area contributed by atoms with E-state index in [-0.39, 0.29) is 0 Å². The number of nitrogens with zero attached hydrogens (tertiary/aromatic N) is 2. The molecular weight excluding hydrogens is 210 g/mol. The van der Waals surface area contributed by atoms with Crippen LogP contribution in [0.15, 0.2) is 12.4 Å². The van der Waals surface area contributed by atoms with Gasteiger partial charge in [0.25, 0.3) is 0 Å². The van der Waals surface area contributed by atoms with E-state index in [1.807, 2.05) is 10.9 Å². The predicted molar refractivity (Wildman–Crippen MR) is 73.1 cm³/mol. The smallest absolute Gasteiger partial charge is 0.0522 e. The third-order valence-electron chi connectivity index (χ3n) is 3.76. The summed E-state index contributed by atoms with van der Waals surface area (Å²) >= 11 is 0. The Balaban J connectivity index is 2.72. The zero-order valence-electron chi connectivity index (χ0n) is 12.0. The Hall–Kier alpha value is -0.830. The van der Waals surface area contributed by atoms with Crippen LogP contribution in [-0.2, 0) is 13.0 Å². The second kappa shape index (κ2) is 6.20. The highest BCUT2D eigenvalue weighted by Crippen LogP contribution is 2.27. The number of nitrogens with one attached hydrogen (secondary N) is 1. The van der Waals surface area contributed by atoms with E-state index in [4.69, 9.17) is 0 Å². The van der Waals surface area contributed by atoms with E-state index in [0.29, 0.717) is 11.5 Å². The molecule has 0 amide bonds. The highest BCUT2D eigenvalue weighted by molar-refractivity contribution is 5.08. The maximum absolute atomic E-state index is 4.34. The Morgan fingerprint density at radius 2 is 2.06 bits per heavy atom. The molecule has 0 radical (unpaired) electrons. The lowest BCUT2D eigenvalue weighted by atomic mass is 9.79. The molecular formula is C14H27N3. The summed E-state index contributed by atoms with van der Waals surface area (Å²) in [4.78, 5) is 0. The molecule has 1 rings (SSSR count). The van der Waals surface area contributed by atoms with Gasteiger partial charge < -0.3 is 5.32 Å². The van der Waals surface area contributed by atoms with Crippen LogP contribution in [0.3, 0.4) is 0 Å². The topological polar surface area (TPSA) is 29.9 Å². The minimum absolute atomic E-state index is 0.324. The molecule has 0 aliphatic heterocycles. The number of likely N-dealkylation sites (N-methyl/N-ethyl adjacent to an activating group) is 1. The van der Waals surface area contributed by atoms with Gasteiger partial charge in [0.15, 0.2) is 0 Å². The van der Waals surface area contributed by atoms with Crippen molar-refractivity contribution in [3.05, 3.63) is 18.0 Å². The first-order valence-electron chi connectivity index (χ1n) is 6.78. The van der Waals surface area contributed by atoms with Crippen LogP contribution in [0.2, 0.25) is 0 Å². The molecule has 0 fully saturated rings. The van der Waals surface area contributed by atoms with E-state index in [1.54, 1.807) is 0 Å². The third-order valence-corrected chi connectivity index (χ3v) is 3.76. The Morgan fingerprint density at radius 1 is 1.35 bits per heavy atom. The molecule has 3 heteroatoms. The molecule has 1 aromatic heterocycles. The van der Waals surface area contributed by atoms with E-state index in [9.17, 15) is 0 Å². The van der Waals surface area contributed by atoms with Crippen molar-refractivity contribution >= 4 is 0 Å². The molecule has 17 heavy (non-hydrogen) atoms. The van der Waals surface area contributed by atoms with Gasteiger partial charge >= 0.3 is 0 Å². The lowest BCUT2D eigenvalue weighted by Gasteiger charge is -2.34. The maximum Gasteiger partial charge on any atom is 0.0522 e. The van der Waals surface area contributed by atoms with Gasteiger partial charge in [-0.3, -0.25) is 4.68 Å². The summed E-state index contributed by atoms with van der Waals surface area (Å²) in [6.45, 7) is 13.2. The summed E-state index contributed by atoms with van der Waals surface area (Å²) < 4.78 is 2.00. The first kappa shape index (κ1) is 14.2. The van der Waals surface area contributed by atoms with Gasteiger partial charge in [-0.25, -0.2) is 0 Å². The highest BCUT2D eigenvalue weighted by atomic mass is 15.3. The van der Waals surface area contributed by atoms with Crippen LogP contribution in [0.5, 0.6) is 0 Å². The summed E-state index contributed by atoms with van der Waals surface area (Å²) in [7, 11) is 0. The van der Waals surface area contributed by atoms with Crippen LogP contribution in [0.25, 0.3) is 0 Å². The first-order chi connectivity index (χ1) is 8.03. The van der Waals surface area contributed by atoms with Gasteiger partial charge in [0.05, 0.1) is 6.20 Å². The van der Waals surface area contributed by atoms with Crippen LogP contribution in [-0.4, -0.2) is 22.4 Å². The van der Waals surface area contributed by atoms with Crippen molar-refractivity contribution in [2.45, 2.75) is 60.0 Å². The first-order valence-corrected chi connectivity index (χ1v) is 6.78. The molecule has 0 aliphatic carbocycles. The second-order valence-electron chi connectivity index (χ2n) is 5.36. The fourth-order valence-corrected chi connectivity index (χ4v) is 2.04. The monoisotopic (exact) mass is 237 g/mol. The molecule has 98 valence electrons. The SMILES string of the molecule is CCNC(Cc1cnn(CC)c1)C(C)(C)CC. The minimum atomic E-state index is 0.324. The number of hydrogen-bond donors (Lipinski definition) is 1. The van der Waals surface area contributed by atoms with Crippen LogP contribution in [0, 0.1) is 5.41 Å². The Bertz CT molecular complexity index is 328. The van der Waals surface area contributed by atoms with Crippen LogP contribution in [0.1, 0.15) is 46.6 Å². The van der Waals surface area contributed by atoms with E-state index >= 15 is 0 Å². The van der Waals surface area contributed by atoms with Crippen molar-refractivity contribution in [3.8, 4) is 0 Å². The molecule has 0 bridgehead atoms. The lowest BCUT2D eigenvalue weighted by Crippen LogP contribution is -2.43. The van der Waals surface area contributed by atoms with E-state index in [2.05, 4.69) is 51.2 Å². The van der Waals surface area contributed by atoms with Crippen molar-refractivity contribution in [2.75, 3.05) is 6.54 Å². The standard InChI is InChI=1S/C14H27N3/c1-6-14(4,5)13(15-7-2)9-12-10-16-17(8-3)11-12/h10-11,13,15H,6-9H2,1-5H3. The molecule has 0 spiro atoms. The van der Waals surface area contributed by atoms with Gasteiger partial charge in [-0.1, -0.05) is 27.7 Å². The average molecular weight is 237 g/mol. The van der Waals surface area contributed by atoms with Crippen molar-refractivity contribution in [1.29, 1.82) is 0 Å². The number of rotatable bonds is 7. The summed E-state index contributed by atoms with van der Waals surface area (Å²) in [6, 6.07) is 0.520. The second-order valence-corrected chi connectivity index (χ2v) is 5.36. The predicted octanol–water partition coefficient (Wildman–Crippen LogP) is 2.86. The molecule has 1 N–H and O–H groups in total. The molecule has 0 aromatic carbocycles. The van der Waals surface area contributed by atoms with Crippen LogP contribution < -0.4 is 5.32 Å². The van der Waals surface area contributed by atoms with E-state index in [1.165, 1.54) is 12.0 Å². The maximum atomic E-state index is 4.34. The van der Waals surface area contributed by atoms with Gasteiger partial charge in [0.1, 0.15) is 0 Å². The fourth-order valence-electron chi connectivity index (χ4n) is 2.04. The Kier molecular flexibility index (Phi) is 5.19. The van der Waals surface area contributed by atoms with Gasteiger partial charge in [0, 0.05) is 18.8 Å². The van der Waals surface area contributed by atoms with E-state index in [0.717, 1.165) is 19.5 Å². The van der Waals surface area contributed by atoms with Gasteiger partial charge in [-0.15, -0.1) is 0 Å². The average Bonchev–Trinajstić information content (AvgIpc) is 2.76. The van der Waals surface area contributed by atoms with Gasteiger partial charge in [0.2, 0.25) is 0 Å². The minimum Gasteiger partial charge on any atom is -0.313 e. The zero-order valence-corrected chi connectivity index (χ0v) is 12.0. The quantitative estimate of drug-likeness (QED) is 0.790. The molecule has 1 atom stereocenters.